The first-order valence-electron chi connectivity index (χ1n) is 11.6. The highest BCUT2D eigenvalue weighted by molar-refractivity contribution is 6.12. The molecule has 6 aromatic rings. The van der Waals surface area contributed by atoms with Crippen LogP contribution in [-0.2, 0) is 0 Å². The van der Waals surface area contributed by atoms with Gasteiger partial charge in [0, 0.05) is 11.6 Å². The molecule has 0 bridgehead atoms. The molecule has 6 rings (SSSR count). The van der Waals surface area contributed by atoms with E-state index in [1.165, 1.54) is 11.9 Å². The largest absolute Gasteiger partial charge is 0.306 e. The Bertz CT molecular complexity index is 1780. The van der Waals surface area contributed by atoms with Crippen molar-refractivity contribution in [3.8, 4) is 11.5 Å². The van der Waals surface area contributed by atoms with Gasteiger partial charge in [-0.15, -0.1) is 0 Å². The van der Waals surface area contributed by atoms with Gasteiger partial charge in [0.15, 0.2) is 11.5 Å². The van der Waals surface area contributed by atoms with E-state index < -0.39 is 0 Å². The summed E-state index contributed by atoms with van der Waals surface area (Å²) in [6, 6.07) is 21.4. The number of fused-ring (bicyclic) bond motifs is 2. The summed E-state index contributed by atoms with van der Waals surface area (Å²) in [7, 11) is 0. The lowest BCUT2D eigenvalue weighted by Crippen LogP contribution is -2.16. The summed E-state index contributed by atoms with van der Waals surface area (Å²) >= 11 is 0. The number of nitrogens with zero attached hydrogens (tertiary/aromatic N) is 6. The van der Waals surface area contributed by atoms with E-state index in [2.05, 4.69) is 45.4 Å². The topological polar surface area (TPSA) is 90.5 Å². The SMILES string of the molecule is Cc1cc(NC(=O)c2cccc3ccccc23)n(-c2ncnc3c2cnn3-c2cccc(C)c2C)n1. The van der Waals surface area contributed by atoms with E-state index in [0.717, 1.165) is 33.1 Å². The molecule has 3 aromatic heterocycles. The third-order valence-electron chi connectivity index (χ3n) is 6.46. The van der Waals surface area contributed by atoms with Gasteiger partial charge in [0.25, 0.3) is 5.91 Å². The van der Waals surface area contributed by atoms with Crippen LogP contribution in [0.1, 0.15) is 27.2 Å². The number of aromatic nitrogens is 6. The first-order chi connectivity index (χ1) is 17.5. The summed E-state index contributed by atoms with van der Waals surface area (Å²) in [5, 5.41) is 14.9. The summed E-state index contributed by atoms with van der Waals surface area (Å²) in [6.45, 7) is 6.02. The molecule has 3 heterocycles. The Hall–Kier alpha value is -4.85. The van der Waals surface area contributed by atoms with E-state index in [4.69, 9.17) is 0 Å². The zero-order valence-corrected chi connectivity index (χ0v) is 20.1. The predicted molar refractivity (Wildman–Crippen MR) is 140 cm³/mol. The first kappa shape index (κ1) is 21.7. The number of amides is 1. The molecule has 0 radical (unpaired) electrons. The number of benzene rings is 3. The highest BCUT2D eigenvalue weighted by atomic mass is 16.1. The Kier molecular flexibility index (Phi) is 5.07. The van der Waals surface area contributed by atoms with Crippen LogP contribution >= 0.6 is 0 Å². The van der Waals surface area contributed by atoms with Gasteiger partial charge >= 0.3 is 0 Å². The minimum Gasteiger partial charge on any atom is -0.306 e. The molecule has 0 fully saturated rings. The number of hydrogen-bond donors (Lipinski definition) is 1. The number of aryl methyl sites for hydroxylation is 2. The minimum absolute atomic E-state index is 0.218. The van der Waals surface area contributed by atoms with Crippen LogP contribution in [0.15, 0.2) is 79.3 Å². The molecule has 0 aliphatic heterocycles. The highest BCUT2D eigenvalue weighted by Gasteiger charge is 2.19. The molecule has 36 heavy (non-hydrogen) atoms. The average Bonchev–Trinajstić information content (AvgIpc) is 3.48. The zero-order chi connectivity index (χ0) is 24.8. The fourth-order valence-corrected chi connectivity index (χ4v) is 4.50. The molecule has 8 nitrogen and oxygen atoms in total. The van der Waals surface area contributed by atoms with Crippen molar-refractivity contribution >= 4 is 33.5 Å². The van der Waals surface area contributed by atoms with E-state index in [1.54, 1.807) is 10.9 Å². The van der Waals surface area contributed by atoms with Crippen LogP contribution in [0.25, 0.3) is 33.3 Å². The number of carbonyl (C=O) groups is 1. The number of anilines is 1. The molecule has 0 atom stereocenters. The summed E-state index contributed by atoms with van der Waals surface area (Å²) in [5.74, 6) is 0.840. The lowest BCUT2D eigenvalue weighted by atomic mass is 10.0. The van der Waals surface area contributed by atoms with Crippen molar-refractivity contribution in [1.82, 2.24) is 29.5 Å². The van der Waals surface area contributed by atoms with Crippen molar-refractivity contribution < 1.29 is 4.79 Å². The van der Waals surface area contributed by atoms with Crippen LogP contribution in [0.2, 0.25) is 0 Å². The average molecular weight is 474 g/mol. The molecule has 0 aliphatic rings. The van der Waals surface area contributed by atoms with Gasteiger partial charge in [-0.1, -0.05) is 48.5 Å². The quantitative estimate of drug-likeness (QED) is 0.374. The molecular formula is C28H23N7O. The Morgan fingerprint density at radius 2 is 1.67 bits per heavy atom. The van der Waals surface area contributed by atoms with Crippen molar-refractivity contribution in [2.75, 3.05) is 5.32 Å². The number of nitrogens with one attached hydrogen (secondary N) is 1. The number of hydrogen-bond acceptors (Lipinski definition) is 5. The van der Waals surface area contributed by atoms with Gasteiger partial charge in [-0.3, -0.25) is 4.79 Å². The molecular weight excluding hydrogens is 450 g/mol. The summed E-state index contributed by atoms with van der Waals surface area (Å²) < 4.78 is 3.45. The monoisotopic (exact) mass is 473 g/mol. The molecule has 0 spiro atoms. The molecule has 0 unspecified atom stereocenters. The second-order valence-electron chi connectivity index (χ2n) is 8.77. The van der Waals surface area contributed by atoms with Gasteiger partial charge in [0.1, 0.15) is 12.1 Å². The maximum Gasteiger partial charge on any atom is 0.257 e. The zero-order valence-electron chi connectivity index (χ0n) is 20.1. The maximum absolute atomic E-state index is 13.3. The molecule has 1 N–H and O–H groups in total. The number of rotatable bonds is 4. The minimum atomic E-state index is -0.218. The fraction of sp³-hybridized carbons (Fsp3) is 0.107. The van der Waals surface area contributed by atoms with E-state index in [-0.39, 0.29) is 5.91 Å². The van der Waals surface area contributed by atoms with Gasteiger partial charge in [-0.25, -0.2) is 14.6 Å². The van der Waals surface area contributed by atoms with Crippen molar-refractivity contribution in [2.45, 2.75) is 20.8 Å². The van der Waals surface area contributed by atoms with Crippen LogP contribution in [0.5, 0.6) is 0 Å². The Morgan fingerprint density at radius 1 is 0.861 bits per heavy atom. The van der Waals surface area contributed by atoms with E-state index in [1.807, 2.05) is 72.3 Å². The molecule has 3 aromatic carbocycles. The van der Waals surface area contributed by atoms with Crippen LogP contribution in [0.4, 0.5) is 5.82 Å². The summed E-state index contributed by atoms with van der Waals surface area (Å²) in [6.07, 6.45) is 3.23. The predicted octanol–water partition coefficient (Wildman–Crippen LogP) is 5.33. The molecule has 0 aliphatic carbocycles. The highest BCUT2D eigenvalue weighted by Crippen LogP contribution is 2.27. The van der Waals surface area contributed by atoms with Crippen molar-refractivity contribution in [1.29, 1.82) is 0 Å². The molecule has 176 valence electrons. The maximum atomic E-state index is 13.3. The lowest BCUT2D eigenvalue weighted by Gasteiger charge is -2.11. The summed E-state index contributed by atoms with van der Waals surface area (Å²) in [4.78, 5) is 22.4. The van der Waals surface area contributed by atoms with Crippen LogP contribution in [0, 0.1) is 20.8 Å². The normalized spacial score (nSPS) is 11.3. The van der Waals surface area contributed by atoms with E-state index in [9.17, 15) is 4.79 Å². The molecule has 0 saturated carbocycles. The third kappa shape index (κ3) is 3.51. The van der Waals surface area contributed by atoms with Crippen molar-refractivity contribution in [3.05, 3.63) is 102 Å². The smallest absolute Gasteiger partial charge is 0.257 e. The van der Waals surface area contributed by atoms with Crippen LogP contribution in [-0.4, -0.2) is 35.4 Å². The van der Waals surface area contributed by atoms with Gasteiger partial charge < -0.3 is 5.32 Å². The lowest BCUT2D eigenvalue weighted by molar-refractivity contribution is 0.102. The third-order valence-corrected chi connectivity index (χ3v) is 6.46. The van der Waals surface area contributed by atoms with E-state index in [0.29, 0.717) is 22.8 Å². The first-order valence-corrected chi connectivity index (χ1v) is 11.6. The molecule has 1 amide bonds. The Balaban J connectivity index is 1.43. The second kappa shape index (κ2) is 8.42. The second-order valence-corrected chi connectivity index (χ2v) is 8.77. The van der Waals surface area contributed by atoms with Gasteiger partial charge in [0.05, 0.1) is 23.0 Å². The standard InChI is InChI=1S/C28H23N7O/c1-17-8-6-13-24(19(17)3)34-26-23(15-31-34)27(30-16-29-26)35-25(14-18(2)33-35)32-28(36)22-12-7-10-20-9-4-5-11-21(20)22/h4-16H,1-3H3,(H,32,36). The molecule has 8 heteroatoms. The fourth-order valence-electron chi connectivity index (χ4n) is 4.50. The summed E-state index contributed by atoms with van der Waals surface area (Å²) in [5.41, 5.74) is 5.25. The molecule has 0 saturated heterocycles. The van der Waals surface area contributed by atoms with Gasteiger partial charge in [-0.2, -0.15) is 14.9 Å². The van der Waals surface area contributed by atoms with Gasteiger partial charge in [0.2, 0.25) is 0 Å². The van der Waals surface area contributed by atoms with Crippen LogP contribution in [0.3, 0.4) is 0 Å². The Labute approximate surface area is 207 Å². The van der Waals surface area contributed by atoms with Crippen LogP contribution < -0.4 is 5.32 Å². The van der Waals surface area contributed by atoms with Crippen molar-refractivity contribution in [3.63, 3.8) is 0 Å². The van der Waals surface area contributed by atoms with Gasteiger partial charge in [-0.05, 0) is 54.8 Å². The Morgan fingerprint density at radius 3 is 2.56 bits per heavy atom. The van der Waals surface area contributed by atoms with Crippen molar-refractivity contribution in [2.24, 2.45) is 0 Å². The number of carbonyl (C=O) groups excluding carboxylic acids is 1. The van der Waals surface area contributed by atoms with E-state index >= 15 is 0 Å².